The van der Waals surface area contributed by atoms with E-state index in [0.717, 1.165) is 29.4 Å². The Morgan fingerprint density at radius 1 is 0.897 bits per heavy atom. The molecule has 0 aliphatic heterocycles. The van der Waals surface area contributed by atoms with Gasteiger partial charge >= 0.3 is 0 Å². The molecule has 1 aliphatic rings. The first-order valence-electron chi connectivity index (χ1n) is 11.5. The van der Waals surface area contributed by atoms with Crippen LogP contribution in [0.15, 0.2) is 48.1 Å². The smallest absolute Gasteiger partial charge is 0.130 e. The maximum Gasteiger partial charge on any atom is 0.130 e. The van der Waals surface area contributed by atoms with E-state index in [4.69, 9.17) is 10.2 Å². The number of rotatable bonds is 12. The molecule has 0 amide bonds. The highest BCUT2D eigenvalue weighted by Gasteiger charge is 2.40. The Labute approximate surface area is 175 Å². The molecule has 4 heteroatoms. The lowest BCUT2D eigenvalue weighted by atomic mass is 9.81. The summed E-state index contributed by atoms with van der Waals surface area (Å²) < 4.78 is 0. The van der Waals surface area contributed by atoms with Crippen molar-refractivity contribution in [3.63, 3.8) is 0 Å². The van der Waals surface area contributed by atoms with Crippen LogP contribution in [0, 0.1) is 0 Å². The number of unbranched alkanes of at least 4 members (excludes halogenated alkanes) is 9. The Morgan fingerprint density at radius 2 is 1.45 bits per heavy atom. The van der Waals surface area contributed by atoms with E-state index in [-0.39, 0.29) is 0 Å². The average molecular weight is 396 g/mol. The maximum absolute atomic E-state index is 10.9. The van der Waals surface area contributed by atoms with Crippen LogP contribution in [0.2, 0.25) is 0 Å². The van der Waals surface area contributed by atoms with E-state index in [9.17, 15) is 5.11 Å². The molecule has 158 valence electrons. The van der Waals surface area contributed by atoms with Gasteiger partial charge in [0.05, 0.1) is 0 Å². The third-order valence-electron chi connectivity index (χ3n) is 6.12. The number of aliphatic hydroxyl groups is 1. The van der Waals surface area contributed by atoms with E-state index in [2.05, 4.69) is 19.9 Å². The number of benzene rings is 1. The van der Waals surface area contributed by atoms with Gasteiger partial charge in [-0.1, -0.05) is 101 Å². The summed E-state index contributed by atoms with van der Waals surface area (Å²) in [6.07, 6.45) is 19.3. The number of nitrogens with zero attached hydrogens (tertiary/aromatic N) is 3. The van der Waals surface area contributed by atoms with Crippen molar-refractivity contribution in [1.29, 1.82) is 0 Å². The third kappa shape index (κ3) is 5.57. The molecule has 2 atom stereocenters. The molecule has 0 saturated heterocycles. The average Bonchev–Trinajstić information content (AvgIpc) is 3.16. The molecule has 0 fully saturated rings. The fourth-order valence-corrected chi connectivity index (χ4v) is 4.37. The van der Waals surface area contributed by atoms with Gasteiger partial charge in [-0.3, -0.25) is 0 Å². The molecule has 0 radical (unpaired) electrons. The van der Waals surface area contributed by atoms with E-state index in [1.54, 1.807) is 4.80 Å². The molecular formula is C25H37N3O. The first-order chi connectivity index (χ1) is 14.2. The van der Waals surface area contributed by atoms with Crippen molar-refractivity contribution in [2.45, 2.75) is 96.1 Å². The number of allylic oxidation sites excluding steroid dienone is 2. The monoisotopic (exact) mass is 395 g/mol. The molecular weight excluding hydrogens is 358 g/mol. The van der Waals surface area contributed by atoms with Crippen molar-refractivity contribution in [1.82, 2.24) is 15.0 Å². The number of hydrogen-bond acceptors (Lipinski definition) is 3. The first kappa shape index (κ1) is 21.8. The second-order valence-corrected chi connectivity index (χ2v) is 8.59. The van der Waals surface area contributed by atoms with Crippen LogP contribution in [0.3, 0.4) is 0 Å². The maximum atomic E-state index is 10.9. The summed E-state index contributed by atoms with van der Waals surface area (Å²) in [5.74, 6) is 0. The minimum Gasteiger partial charge on any atom is -0.386 e. The lowest BCUT2D eigenvalue weighted by molar-refractivity contribution is 0.0734. The SMILES string of the molecule is CCCCCCCCCCCCC1(n2nc3ccccc3n2)C=C(C)C=CC1O. The van der Waals surface area contributed by atoms with Crippen molar-refractivity contribution in [2.24, 2.45) is 0 Å². The van der Waals surface area contributed by atoms with Crippen LogP contribution >= 0.6 is 0 Å². The molecule has 2 aromatic rings. The van der Waals surface area contributed by atoms with Gasteiger partial charge in [-0.2, -0.15) is 15.0 Å². The topological polar surface area (TPSA) is 50.9 Å². The Kier molecular flexibility index (Phi) is 8.05. The standard InChI is InChI=1S/C25H37N3O/c1-3-4-5-6-7-8-9-10-11-14-19-25(20-21(2)17-18-24(25)29)28-26-22-15-12-13-16-23(22)27-28/h12-13,15-18,20,24,29H,3-11,14,19H2,1-2H3. The highest BCUT2D eigenvalue weighted by atomic mass is 16.3. The number of aliphatic hydroxyl groups excluding tert-OH is 1. The van der Waals surface area contributed by atoms with E-state index >= 15 is 0 Å². The van der Waals surface area contributed by atoms with Gasteiger partial charge in [0.25, 0.3) is 0 Å². The van der Waals surface area contributed by atoms with Gasteiger partial charge in [-0.25, -0.2) is 0 Å². The zero-order valence-electron chi connectivity index (χ0n) is 18.2. The van der Waals surface area contributed by atoms with Gasteiger partial charge in [-0.15, -0.1) is 0 Å². The van der Waals surface area contributed by atoms with Crippen molar-refractivity contribution in [3.05, 3.63) is 48.1 Å². The minimum atomic E-state index is -0.605. The number of hydrogen-bond donors (Lipinski definition) is 1. The second kappa shape index (κ2) is 10.7. The molecule has 0 bridgehead atoms. The second-order valence-electron chi connectivity index (χ2n) is 8.59. The van der Waals surface area contributed by atoms with Crippen LogP contribution in [0.5, 0.6) is 0 Å². The Hall–Kier alpha value is -1.94. The van der Waals surface area contributed by atoms with E-state index in [1.807, 2.05) is 36.4 Å². The fourth-order valence-electron chi connectivity index (χ4n) is 4.37. The molecule has 3 rings (SSSR count). The van der Waals surface area contributed by atoms with Crippen LogP contribution in [-0.4, -0.2) is 26.2 Å². The van der Waals surface area contributed by atoms with E-state index < -0.39 is 11.6 Å². The third-order valence-corrected chi connectivity index (χ3v) is 6.12. The van der Waals surface area contributed by atoms with Crippen molar-refractivity contribution in [3.8, 4) is 0 Å². The summed E-state index contributed by atoms with van der Waals surface area (Å²) in [7, 11) is 0. The molecule has 1 aromatic carbocycles. The lowest BCUT2D eigenvalue weighted by Gasteiger charge is -2.35. The van der Waals surface area contributed by atoms with E-state index in [1.165, 1.54) is 57.8 Å². The van der Waals surface area contributed by atoms with Gasteiger partial charge in [0, 0.05) is 0 Å². The van der Waals surface area contributed by atoms with Crippen LogP contribution in [-0.2, 0) is 5.54 Å². The summed E-state index contributed by atoms with van der Waals surface area (Å²) in [4.78, 5) is 1.77. The van der Waals surface area contributed by atoms with Crippen LogP contribution in [0.4, 0.5) is 0 Å². The highest BCUT2D eigenvalue weighted by Crippen LogP contribution is 2.34. The molecule has 1 aromatic heterocycles. The largest absolute Gasteiger partial charge is 0.386 e. The van der Waals surface area contributed by atoms with Gasteiger partial charge in [0.2, 0.25) is 0 Å². The van der Waals surface area contributed by atoms with E-state index in [0.29, 0.717) is 0 Å². The van der Waals surface area contributed by atoms with Gasteiger partial charge in [-0.05, 0) is 31.6 Å². The predicted octanol–water partition coefficient (Wildman–Crippen LogP) is 6.31. The van der Waals surface area contributed by atoms with Crippen LogP contribution in [0.1, 0.15) is 84.5 Å². The molecule has 1 aliphatic carbocycles. The lowest BCUT2D eigenvalue weighted by Crippen LogP contribution is -2.45. The molecule has 0 spiro atoms. The molecule has 2 unspecified atom stereocenters. The first-order valence-corrected chi connectivity index (χ1v) is 11.5. The van der Waals surface area contributed by atoms with Gasteiger partial charge in [0.15, 0.2) is 0 Å². The zero-order chi connectivity index (χ0) is 20.5. The summed E-state index contributed by atoms with van der Waals surface area (Å²) >= 11 is 0. The quantitative estimate of drug-likeness (QED) is 0.428. The molecule has 1 N–H and O–H groups in total. The summed E-state index contributed by atoms with van der Waals surface area (Å²) in [6.45, 7) is 4.35. The normalized spacial score (nSPS) is 21.6. The van der Waals surface area contributed by atoms with Crippen LogP contribution in [0.25, 0.3) is 11.0 Å². The Morgan fingerprint density at radius 3 is 2.03 bits per heavy atom. The minimum absolute atomic E-state index is 0.585. The fraction of sp³-hybridized carbons (Fsp3) is 0.600. The highest BCUT2D eigenvalue weighted by molar-refractivity contribution is 5.73. The van der Waals surface area contributed by atoms with Crippen molar-refractivity contribution >= 4 is 11.0 Å². The van der Waals surface area contributed by atoms with Gasteiger partial charge < -0.3 is 5.11 Å². The summed E-state index contributed by atoms with van der Waals surface area (Å²) in [6, 6.07) is 7.92. The van der Waals surface area contributed by atoms with Crippen molar-refractivity contribution < 1.29 is 5.11 Å². The zero-order valence-corrected chi connectivity index (χ0v) is 18.2. The predicted molar refractivity (Wildman–Crippen MR) is 121 cm³/mol. The van der Waals surface area contributed by atoms with Crippen LogP contribution < -0.4 is 0 Å². The number of aromatic nitrogens is 3. The van der Waals surface area contributed by atoms with Gasteiger partial charge in [0.1, 0.15) is 22.7 Å². The molecule has 1 heterocycles. The van der Waals surface area contributed by atoms with Crippen molar-refractivity contribution in [2.75, 3.05) is 0 Å². The molecule has 29 heavy (non-hydrogen) atoms. The summed E-state index contributed by atoms with van der Waals surface area (Å²) in [5.41, 5.74) is 2.33. The molecule has 0 saturated carbocycles. The number of fused-ring (bicyclic) bond motifs is 1. The Balaban J connectivity index is 1.57. The summed E-state index contributed by atoms with van der Waals surface area (Å²) in [5, 5.41) is 20.4. The Bertz CT molecular complexity index is 789. The molecule has 4 nitrogen and oxygen atoms in total.